The van der Waals surface area contributed by atoms with E-state index in [1.165, 1.54) is 0 Å². The molecule has 0 saturated heterocycles. The summed E-state index contributed by atoms with van der Waals surface area (Å²) >= 11 is 0. The highest BCUT2D eigenvalue weighted by Crippen LogP contribution is 2.27. The van der Waals surface area contributed by atoms with Gasteiger partial charge in [-0.15, -0.1) is 6.42 Å². The van der Waals surface area contributed by atoms with E-state index in [9.17, 15) is 0 Å². The van der Waals surface area contributed by atoms with Gasteiger partial charge in [0.1, 0.15) is 5.84 Å². The maximum absolute atomic E-state index is 5.45. The molecule has 2 heterocycles. The van der Waals surface area contributed by atoms with E-state index in [4.69, 9.17) is 16.4 Å². The smallest absolute Gasteiger partial charge is 0.162 e. The molecule has 0 aliphatic carbocycles. The molecule has 0 saturated carbocycles. The SMILES string of the molecule is C#CC(C)NC1=Nc2c(c(C)nn2C)C(c2ccccc2)=NC1. The zero-order valence-electron chi connectivity index (χ0n) is 13.5. The van der Waals surface area contributed by atoms with Crippen LogP contribution in [0.2, 0.25) is 0 Å². The first-order valence-corrected chi connectivity index (χ1v) is 7.54. The van der Waals surface area contributed by atoms with Crippen LogP contribution in [0.25, 0.3) is 0 Å². The van der Waals surface area contributed by atoms with Crippen LogP contribution in [0.5, 0.6) is 0 Å². The highest BCUT2D eigenvalue weighted by atomic mass is 15.3. The topological polar surface area (TPSA) is 54.6 Å². The van der Waals surface area contributed by atoms with Crippen molar-refractivity contribution < 1.29 is 0 Å². The van der Waals surface area contributed by atoms with E-state index in [1.54, 1.807) is 4.68 Å². The Morgan fingerprint density at radius 3 is 2.74 bits per heavy atom. The van der Waals surface area contributed by atoms with E-state index >= 15 is 0 Å². The largest absolute Gasteiger partial charge is 0.359 e. The average molecular weight is 305 g/mol. The number of nitrogens with one attached hydrogen (secondary N) is 1. The molecule has 3 rings (SSSR count). The van der Waals surface area contributed by atoms with Crippen molar-refractivity contribution in [2.75, 3.05) is 6.54 Å². The van der Waals surface area contributed by atoms with E-state index in [2.05, 4.69) is 28.5 Å². The molecule has 1 atom stereocenters. The molecule has 1 aliphatic heterocycles. The number of fused-ring (bicyclic) bond motifs is 1. The molecule has 1 aromatic carbocycles. The summed E-state index contributed by atoms with van der Waals surface area (Å²) in [6, 6.07) is 10.0. The molecule has 1 unspecified atom stereocenters. The standard InChI is InChI=1S/C18H19N5/c1-5-12(2)20-15-11-19-17(14-9-7-6-8-10-14)16-13(3)22-23(4)18(16)21-15/h1,6-10,12H,11H2,2-4H3,(H,20,21). The summed E-state index contributed by atoms with van der Waals surface area (Å²) in [7, 11) is 1.89. The first-order chi connectivity index (χ1) is 11.1. The zero-order valence-corrected chi connectivity index (χ0v) is 13.5. The van der Waals surface area contributed by atoms with Crippen LogP contribution in [0.15, 0.2) is 40.3 Å². The fourth-order valence-electron chi connectivity index (χ4n) is 2.65. The lowest BCUT2D eigenvalue weighted by Crippen LogP contribution is -2.33. The monoisotopic (exact) mass is 305 g/mol. The number of aromatic nitrogens is 2. The molecular formula is C18H19N5. The second-order valence-electron chi connectivity index (χ2n) is 5.53. The van der Waals surface area contributed by atoms with Gasteiger partial charge in [0.2, 0.25) is 0 Å². The number of rotatable bonds is 2. The second-order valence-corrected chi connectivity index (χ2v) is 5.53. The van der Waals surface area contributed by atoms with Crippen LogP contribution in [0.4, 0.5) is 5.82 Å². The molecule has 2 aromatic rings. The van der Waals surface area contributed by atoms with Gasteiger partial charge in [0.05, 0.1) is 29.6 Å². The van der Waals surface area contributed by atoms with Crippen LogP contribution < -0.4 is 5.32 Å². The lowest BCUT2D eigenvalue weighted by molar-refractivity contribution is 0.755. The molecule has 5 nitrogen and oxygen atoms in total. The van der Waals surface area contributed by atoms with Crippen LogP contribution in [0, 0.1) is 19.3 Å². The third-order valence-corrected chi connectivity index (χ3v) is 3.74. The van der Waals surface area contributed by atoms with Gasteiger partial charge in [0.25, 0.3) is 0 Å². The average Bonchev–Trinajstić information content (AvgIpc) is 2.74. The van der Waals surface area contributed by atoms with E-state index in [0.29, 0.717) is 6.54 Å². The molecule has 0 radical (unpaired) electrons. The number of aryl methyl sites for hydroxylation is 2. The van der Waals surface area contributed by atoms with Crippen molar-refractivity contribution in [3.8, 4) is 12.3 Å². The fourth-order valence-corrected chi connectivity index (χ4v) is 2.65. The van der Waals surface area contributed by atoms with Gasteiger partial charge < -0.3 is 5.32 Å². The van der Waals surface area contributed by atoms with Gasteiger partial charge in [0.15, 0.2) is 5.82 Å². The molecule has 1 N–H and O–H groups in total. The number of amidine groups is 1. The van der Waals surface area contributed by atoms with Crippen LogP contribution in [0.1, 0.15) is 23.7 Å². The Labute approximate surface area is 136 Å². The van der Waals surface area contributed by atoms with Crippen molar-refractivity contribution in [2.45, 2.75) is 19.9 Å². The van der Waals surface area contributed by atoms with Crippen molar-refractivity contribution >= 4 is 17.4 Å². The summed E-state index contributed by atoms with van der Waals surface area (Å²) in [6.07, 6.45) is 5.45. The molecule has 0 spiro atoms. The number of hydrogen-bond acceptors (Lipinski definition) is 4. The van der Waals surface area contributed by atoms with Crippen molar-refractivity contribution in [2.24, 2.45) is 17.0 Å². The molecule has 1 aliphatic rings. The molecule has 23 heavy (non-hydrogen) atoms. The van der Waals surface area contributed by atoms with Gasteiger partial charge in [0, 0.05) is 12.6 Å². The van der Waals surface area contributed by atoms with E-state index < -0.39 is 0 Å². The van der Waals surface area contributed by atoms with Crippen molar-refractivity contribution in [1.82, 2.24) is 15.1 Å². The van der Waals surface area contributed by atoms with Crippen molar-refractivity contribution in [3.05, 3.63) is 47.2 Å². The van der Waals surface area contributed by atoms with E-state index in [1.807, 2.05) is 39.1 Å². The Balaban J connectivity index is 2.12. The maximum Gasteiger partial charge on any atom is 0.162 e. The predicted octanol–water partition coefficient (Wildman–Crippen LogP) is 2.22. The lowest BCUT2D eigenvalue weighted by atomic mass is 10.0. The van der Waals surface area contributed by atoms with E-state index in [0.717, 1.165) is 34.2 Å². The lowest BCUT2D eigenvalue weighted by Gasteiger charge is -2.09. The Morgan fingerprint density at radius 1 is 1.30 bits per heavy atom. The highest BCUT2D eigenvalue weighted by molar-refractivity contribution is 6.17. The van der Waals surface area contributed by atoms with Crippen LogP contribution in [-0.2, 0) is 7.05 Å². The highest BCUT2D eigenvalue weighted by Gasteiger charge is 2.22. The molecule has 116 valence electrons. The Kier molecular flexibility index (Phi) is 3.98. The third-order valence-electron chi connectivity index (χ3n) is 3.74. The fraction of sp³-hybridized carbons (Fsp3) is 0.278. The minimum absolute atomic E-state index is 0.0972. The molecule has 5 heteroatoms. The summed E-state index contributed by atoms with van der Waals surface area (Å²) in [5, 5.41) is 7.73. The quantitative estimate of drug-likeness (QED) is 0.865. The van der Waals surface area contributed by atoms with Gasteiger partial charge in [-0.25, -0.2) is 4.99 Å². The minimum atomic E-state index is -0.0972. The first-order valence-electron chi connectivity index (χ1n) is 7.54. The summed E-state index contributed by atoms with van der Waals surface area (Å²) in [4.78, 5) is 9.50. The van der Waals surface area contributed by atoms with Crippen molar-refractivity contribution in [1.29, 1.82) is 0 Å². The Bertz CT molecular complexity index is 821. The van der Waals surface area contributed by atoms with Crippen LogP contribution in [-0.4, -0.2) is 33.9 Å². The number of nitrogens with zero attached hydrogens (tertiary/aromatic N) is 4. The molecule has 1 aromatic heterocycles. The molecule has 0 fully saturated rings. The summed E-state index contributed by atoms with van der Waals surface area (Å²) in [5.74, 6) is 4.21. The Hall–Kier alpha value is -2.87. The van der Waals surface area contributed by atoms with Gasteiger partial charge in [-0.2, -0.15) is 5.10 Å². The third kappa shape index (κ3) is 2.88. The molecule has 0 amide bonds. The van der Waals surface area contributed by atoms with Crippen LogP contribution >= 0.6 is 0 Å². The van der Waals surface area contributed by atoms with Gasteiger partial charge in [-0.1, -0.05) is 36.3 Å². The normalized spacial score (nSPS) is 14.9. The van der Waals surface area contributed by atoms with Crippen molar-refractivity contribution in [3.63, 3.8) is 0 Å². The predicted molar refractivity (Wildman–Crippen MR) is 93.4 cm³/mol. The Morgan fingerprint density at radius 2 is 2.04 bits per heavy atom. The molecular weight excluding hydrogens is 286 g/mol. The minimum Gasteiger partial charge on any atom is -0.359 e. The molecule has 0 bridgehead atoms. The number of aliphatic imine (C=N–C) groups is 2. The zero-order chi connectivity index (χ0) is 16.4. The summed E-state index contributed by atoms with van der Waals surface area (Å²) in [6.45, 7) is 4.37. The van der Waals surface area contributed by atoms with Gasteiger partial charge >= 0.3 is 0 Å². The number of hydrogen-bond donors (Lipinski definition) is 1. The maximum atomic E-state index is 5.45. The van der Waals surface area contributed by atoms with Crippen LogP contribution in [0.3, 0.4) is 0 Å². The van der Waals surface area contributed by atoms with Gasteiger partial charge in [-0.05, 0) is 13.8 Å². The van der Waals surface area contributed by atoms with Gasteiger partial charge in [-0.3, -0.25) is 9.67 Å². The summed E-state index contributed by atoms with van der Waals surface area (Å²) < 4.78 is 1.79. The summed E-state index contributed by atoms with van der Waals surface area (Å²) in [5.41, 5.74) is 3.87. The first kappa shape index (κ1) is 15.0. The van der Waals surface area contributed by atoms with E-state index in [-0.39, 0.29) is 6.04 Å². The second kappa shape index (κ2) is 6.09. The number of benzene rings is 1. The number of terminal acetylenes is 1.